The fourth-order valence-electron chi connectivity index (χ4n) is 2.25. The molecule has 0 atom stereocenters. The van der Waals surface area contributed by atoms with Crippen molar-refractivity contribution in [2.45, 2.75) is 46.6 Å². The van der Waals surface area contributed by atoms with Crippen molar-refractivity contribution in [1.82, 2.24) is 10.2 Å². The summed E-state index contributed by atoms with van der Waals surface area (Å²) in [6.45, 7) is 17.5. The second kappa shape index (κ2) is 6.55. The largest absolute Gasteiger partial charge is 0.316 e. The molecule has 0 amide bonds. The predicted molar refractivity (Wildman–Crippen MR) is 76.3 cm³/mol. The molecule has 0 heterocycles. The van der Waals surface area contributed by atoms with Crippen molar-refractivity contribution in [2.75, 3.05) is 26.2 Å². The van der Waals surface area contributed by atoms with Gasteiger partial charge in [0.1, 0.15) is 0 Å². The maximum absolute atomic E-state index is 3.87. The van der Waals surface area contributed by atoms with E-state index in [1.165, 1.54) is 19.4 Å². The third-order valence-electron chi connectivity index (χ3n) is 3.21. The minimum absolute atomic E-state index is 0.348. The first-order valence-corrected chi connectivity index (χ1v) is 7.00. The zero-order chi connectivity index (χ0) is 12.9. The highest BCUT2D eigenvalue weighted by atomic mass is 15.2. The Morgan fingerprint density at radius 1 is 1.41 bits per heavy atom. The summed E-state index contributed by atoms with van der Waals surface area (Å²) >= 11 is 0. The van der Waals surface area contributed by atoms with E-state index in [0.717, 1.165) is 31.6 Å². The van der Waals surface area contributed by atoms with Crippen LogP contribution in [0.4, 0.5) is 0 Å². The third kappa shape index (κ3) is 6.23. The molecule has 1 fully saturated rings. The maximum atomic E-state index is 3.87. The summed E-state index contributed by atoms with van der Waals surface area (Å²) in [5.74, 6) is 0.735. The van der Waals surface area contributed by atoms with E-state index < -0.39 is 0 Å². The van der Waals surface area contributed by atoms with Gasteiger partial charge in [-0.2, -0.15) is 0 Å². The first-order valence-electron chi connectivity index (χ1n) is 7.00. The molecule has 1 rings (SSSR count). The van der Waals surface area contributed by atoms with E-state index >= 15 is 0 Å². The van der Waals surface area contributed by atoms with Crippen molar-refractivity contribution >= 4 is 0 Å². The fraction of sp³-hybridized carbons (Fsp3) is 0.867. The first-order chi connectivity index (χ1) is 7.94. The highest BCUT2D eigenvalue weighted by molar-refractivity contribution is 4.91. The monoisotopic (exact) mass is 238 g/mol. The van der Waals surface area contributed by atoms with E-state index in [9.17, 15) is 0 Å². The zero-order valence-corrected chi connectivity index (χ0v) is 12.1. The van der Waals surface area contributed by atoms with Gasteiger partial charge in [0.2, 0.25) is 0 Å². The summed E-state index contributed by atoms with van der Waals surface area (Å²) in [6.07, 6.45) is 4.79. The fourth-order valence-corrected chi connectivity index (χ4v) is 2.25. The molecule has 2 heteroatoms. The van der Waals surface area contributed by atoms with Gasteiger partial charge < -0.3 is 5.32 Å². The summed E-state index contributed by atoms with van der Waals surface area (Å²) < 4.78 is 0. The van der Waals surface area contributed by atoms with Crippen molar-refractivity contribution in [2.24, 2.45) is 11.3 Å². The van der Waals surface area contributed by atoms with E-state index in [2.05, 4.69) is 44.5 Å². The second-order valence-corrected chi connectivity index (χ2v) is 6.64. The van der Waals surface area contributed by atoms with Crippen LogP contribution in [0.5, 0.6) is 0 Å². The molecular weight excluding hydrogens is 208 g/mol. The summed E-state index contributed by atoms with van der Waals surface area (Å²) in [7, 11) is 0. The molecule has 0 aromatic carbocycles. The average Bonchev–Trinajstić information content (AvgIpc) is 2.98. The van der Waals surface area contributed by atoms with Crippen LogP contribution in [0.25, 0.3) is 0 Å². The van der Waals surface area contributed by atoms with Crippen LogP contribution >= 0.6 is 0 Å². The topological polar surface area (TPSA) is 15.3 Å². The summed E-state index contributed by atoms with van der Waals surface area (Å²) in [5.41, 5.74) is 0.348. The summed E-state index contributed by atoms with van der Waals surface area (Å²) in [4.78, 5) is 2.59. The number of rotatable bonds is 9. The van der Waals surface area contributed by atoms with Crippen LogP contribution in [0, 0.1) is 11.3 Å². The molecule has 0 spiro atoms. The molecular formula is C15H30N2. The van der Waals surface area contributed by atoms with Gasteiger partial charge in [-0.3, -0.25) is 4.90 Å². The van der Waals surface area contributed by atoms with Crippen LogP contribution in [0.1, 0.15) is 40.5 Å². The second-order valence-electron chi connectivity index (χ2n) is 6.64. The van der Waals surface area contributed by atoms with Crippen LogP contribution in [0.2, 0.25) is 0 Å². The number of hydrogen-bond acceptors (Lipinski definition) is 2. The Kier molecular flexibility index (Phi) is 5.68. The van der Waals surface area contributed by atoms with Gasteiger partial charge in [-0.25, -0.2) is 0 Å². The lowest BCUT2D eigenvalue weighted by Gasteiger charge is -2.32. The highest BCUT2D eigenvalue weighted by Gasteiger charge is 2.32. The molecule has 0 aliphatic heterocycles. The lowest BCUT2D eigenvalue weighted by molar-refractivity contribution is 0.180. The van der Waals surface area contributed by atoms with Crippen LogP contribution in [-0.4, -0.2) is 37.1 Å². The van der Waals surface area contributed by atoms with Gasteiger partial charge in [0.25, 0.3) is 0 Å². The zero-order valence-electron chi connectivity index (χ0n) is 12.1. The van der Waals surface area contributed by atoms with Gasteiger partial charge in [0.05, 0.1) is 0 Å². The van der Waals surface area contributed by atoms with Gasteiger partial charge in [0.15, 0.2) is 0 Å². The Morgan fingerprint density at radius 3 is 2.53 bits per heavy atom. The third-order valence-corrected chi connectivity index (χ3v) is 3.21. The quantitative estimate of drug-likeness (QED) is 0.621. The van der Waals surface area contributed by atoms with E-state index in [1.807, 2.05) is 6.08 Å². The normalized spacial score (nSPS) is 16.8. The highest BCUT2D eigenvalue weighted by Crippen LogP contribution is 2.29. The van der Waals surface area contributed by atoms with E-state index in [0.29, 0.717) is 5.41 Å². The smallest absolute Gasteiger partial charge is 0.0163 e. The molecule has 1 saturated carbocycles. The van der Waals surface area contributed by atoms with Crippen molar-refractivity contribution in [3.8, 4) is 0 Å². The lowest BCUT2D eigenvalue weighted by atomic mass is 9.92. The molecule has 1 aliphatic carbocycles. The van der Waals surface area contributed by atoms with Crippen molar-refractivity contribution in [3.63, 3.8) is 0 Å². The van der Waals surface area contributed by atoms with Gasteiger partial charge in [-0.05, 0) is 30.7 Å². The molecule has 0 aromatic heterocycles. The molecule has 0 saturated heterocycles. The van der Waals surface area contributed by atoms with Crippen molar-refractivity contribution < 1.29 is 0 Å². The Labute approximate surface area is 107 Å². The molecule has 1 N–H and O–H groups in total. The molecule has 2 nitrogen and oxygen atoms in total. The Bertz CT molecular complexity index is 229. The molecule has 0 radical (unpaired) electrons. The van der Waals surface area contributed by atoms with Crippen molar-refractivity contribution in [1.29, 1.82) is 0 Å². The molecule has 0 aromatic rings. The molecule has 100 valence electrons. The molecule has 0 bridgehead atoms. The van der Waals surface area contributed by atoms with E-state index in [1.54, 1.807) is 0 Å². The lowest BCUT2D eigenvalue weighted by Crippen LogP contribution is -2.42. The standard InChI is InChI=1S/C15H30N2/c1-6-9-17(14-7-8-14)12-15(4,5)11-16-10-13(2)3/h6,13-14,16H,1,7-12H2,2-5H3. The van der Waals surface area contributed by atoms with Gasteiger partial charge in [-0.1, -0.05) is 33.8 Å². The SMILES string of the molecule is C=CCN(CC(C)(C)CNCC(C)C)C1CC1. The minimum Gasteiger partial charge on any atom is -0.316 e. The predicted octanol–water partition coefficient (Wildman–Crippen LogP) is 2.91. The van der Waals surface area contributed by atoms with Crippen LogP contribution in [0.15, 0.2) is 12.7 Å². The maximum Gasteiger partial charge on any atom is 0.0163 e. The first kappa shape index (κ1) is 14.7. The minimum atomic E-state index is 0.348. The van der Waals surface area contributed by atoms with Gasteiger partial charge >= 0.3 is 0 Å². The van der Waals surface area contributed by atoms with Gasteiger partial charge in [-0.15, -0.1) is 6.58 Å². The Morgan fingerprint density at radius 2 is 2.06 bits per heavy atom. The number of nitrogens with zero attached hydrogens (tertiary/aromatic N) is 1. The molecule has 0 unspecified atom stereocenters. The molecule has 17 heavy (non-hydrogen) atoms. The van der Waals surface area contributed by atoms with Crippen LogP contribution in [-0.2, 0) is 0 Å². The molecule has 1 aliphatic rings. The van der Waals surface area contributed by atoms with E-state index in [-0.39, 0.29) is 0 Å². The van der Waals surface area contributed by atoms with Crippen molar-refractivity contribution in [3.05, 3.63) is 12.7 Å². The van der Waals surface area contributed by atoms with Crippen LogP contribution in [0.3, 0.4) is 0 Å². The Hall–Kier alpha value is -0.340. The summed E-state index contributed by atoms with van der Waals surface area (Å²) in [6, 6.07) is 0.831. The number of hydrogen-bond donors (Lipinski definition) is 1. The van der Waals surface area contributed by atoms with Gasteiger partial charge in [0, 0.05) is 25.7 Å². The summed E-state index contributed by atoms with van der Waals surface area (Å²) in [5, 5.41) is 3.58. The van der Waals surface area contributed by atoms with E-state index in [4.69, 9.17) is 0 Å². The van der Waals surface area contributed by atoms with Crippen LogP contribution < -0.4 is 5.32 Å². The number of nitrogens with one attached hydrogen (secondary N) is 1. The average molecular weight is 238 g/mol. The Balaban J connectivity index is 2.31.